The van der Waals surface area contributed by atoms with Gasteiger partial charge in [0, 0.05) is 11.5 Å². The monoisotopic (exact) mass is 552 g/mol. The van der Waals surface area contributed by atoms with Crippen molar-refractivity contribution in [3.63, 3.8) is 0 Å². The Kier molecular flexibility index (Phi) is 7.64. The second kappa shape index (κ2) is 11.1. The standard InChI is InChI=1S/C30H32O10/c1-36-24-9-15(4-6-22(24)33)8-19-21(14-32)28(40-30(19)35)17-10-18-20(13-31)27(39-29(18)26(12-17)38-3)16-5-7-23(34)25(11-16)37-2/h4-7,9-12,19-21,27-28,31-34H,8,13-14H2,1-3H3/t19-,20+,21-,27-,28-/m1/s1. The number of cyclic esters (lactones) is 1. The molecular weight excluding hydrogens is 520 g/mol. The number of benzene rings is 3. The zero-order chi connectivity index (χ0) is 28.6. The first-order chi connectivity index (χ1) is 19.3. The van der Waals surface area contributed by atoms with E-state index in [-0.39, 0.29) is 36.9 Å². The van der Waals surface area contributed by atoms with Crippen molar-refractivity contribution in [3.8, 4) is 34.5 Å². The zero-order valence-corrected chi connectivity index (χ0v) is 22.4. The third kappa shape index (κ3) is 4.73. The highest BCUT2D eigenvalue weighted by Crippen LogP contribution is 2.53. The predicted molar refractivity (Wildman–Crippen MR) is 142 cm³/mol. The Morgan fingerprint density at radius 1 is 0.725 bits per heavy atom. The summed E-state index contributed by atoms with van der Waals surface area (Å²) in [5.74, 6) is -0.705. The molecule has 0 spiro atoms. The van der Waals surface area contributed by atoms with Gasteiger partial charge in [-0.2, -0.15) is 0 Å². The highest BCUT2D eigenvalue weighted by atomic mass is 16.6. The van der Waals surface area contributed by atoms with Crippen LogP contribution in [-0.4, -0.2) is 60.9 Å². The van der Waals surface area contributed by atoms with E-state index in [9.17, 15) is 25.2 Å². The summed E-state index contributed by atoms with van der Waals surface area (Å²) in [6.07, 6.45) is -1.06. The van der Waals surface area contributed by atoms with Crippen LogP contribution in [0.2, 0.25) is 0 Å². The molecule has 2 heterocycles. The molecule has 2 aliphatic heterocycles. The molecule has 0 saturated carbocycles. The topological polar surface area (TPSA) is 144 Å². The van der Waals surface area contributed by atoms with Crippen LogP contribution in [-0.2, 0) is 16.0 Å². The molecule has 212 valence electrons. The Morgan fingerprint density at radius 2 is 1.38 bits per heavy atom. The number of hydrogen-bond donors (Lipinski definition) is 4. The number of aliphatic hydroxyl groups is 2. The fourth-order valence-corrected chi connectivity index (χ4v) is 5.66. The molecule has 0 radical (unpaired) electrons. The summed E-state index contributed by atoms with van der Waals surface area (Å²) in [7, 11) is 4.40. The van der Waals surface area contributed by atoms with Crippen molar-refractivity contribution >= 4 is 5.97 Å². The lowest BCUT2D eigenvalue weighted by atomic mass is 9.82. The number of phenols is 2. The van der Waals surface area contributed by atoms with Crippen molar-refractivity contribution in [2.75, 3.05) is 34.5 Å². The zero-order valence-electron chi connectivity index (χ0n) is 22.4. The molecule has 0 bridgehead atoms. The van der Waals surface area contributed by atoms with Crippen LogP contribution < -0.4 is 18.9 Å². The fraction of sp³-hybridized carbons (Fsp3) is 0.367. The Hall–Kier alpha value is -4.15. The van der Waals surface area contributed by atoms with E-state index < -0.39 is 35.9 Å². The van der Waals surface area contributed by atoms with Gasteiger partial charge in [-0.15, -0.1) is 0 Å². The third-order valence-corrected chi connectivity index (χ3v) is 7.76. The number of ether oxygens (including phenoxy) is 5. The minimum Gasteiger partial charge on any atom is -0.504 e. The van der Waals surface area contributed by atoms with Crippen LogP contribution in [0, 0.1) is 11.8 Å². The highest BCUT2D eigenvalue weighted by molar-refractivity contribution is 5.76. The number of carbonyl (C=O) groups is 1. The molecular formula is C30H32O10. The lowest BCUT2D eigenvalue weighted by molar-refractivity contribution is -0.144. The van der Waals surface area contributed by atoms with Gasteiger partial charge in [0.15, 0.2) is 34.5 Å². The largest absolute Gasteiger partial charge is 0.504 e. The number of hydrogen-bond acceptors (Lipinski definition) is 10. The number of fused-ring (bicyclic) bond motifs is 1. The Morgan fingerprint density at radius 3 is 2.02 bits per heavy atom. The number of esters is 1. The average molecular weight is 553 g/mol. The summed E-state index contributed by atoms with van der Waals surface area (Å²) in [4.78, 5) is 13.0. The summed E-state index contributed by atoms with van der Waals surface area (Å²) in [5.41, 5.74) is 2.73. The number of rotatable bonds is 9. The number of aromatic hydroxyl groups is 2. The van der Waals surface area contributed by atoms with Crippen LogP contribution in [0.25, 0.3) is 0 Å². The minimum absolute atomic E-state index is 0.00761. The Bertz CT molecular complexity index is 1400. The van der Waals surface area contributed by atoms with Gasteiger partial charge >= 0.3 is 5.97 Å². The minimum atomic E-state index is -0.757. The van der Waals surface area contributed by atoms with Gasteiger partial charge in [0.2, 0.25) is 0 Å². The third-order valence-electron chi connectivity index (χ3n) is 7.76. The average Bonchev–Trinajstić information content (AvgIpc) is 3.50. The van der Waals surface area contributed by atoms with Crippen LogP contribution in [0.1, 0.15) is 40.4 Å². The summed E-state index contributed by atoms with van der Waals surface area (Å²) >= 11 is 0. The lowest BCUT2D eigenvalue weighted by Gasteiger charge is -2.21. The van der Waals surface area contributed by atoms with Gasteiger partial charge in [0.1, 0.15) is 12.2 Å². The SMILES string of the molecule is COc1cc(C[C@H]2C(=O)O[C@H](c3cc(OC)c4c(c3)[C@H](CO)[C@@H](c3ccc(O)c(OC)c3)O4)[C@@H]2CO)ccc1O. The van der Waals surface area contributed by atoms with Crippen molar-refractivity contribution in [3.05, 3.63) is 70.8 Å². The summed E-state index contributed by atoms with van der Waals surface area (Å²) in [6, 6.07) is 13.3. The van der Waals surface area contributed by atoms with Crippen molar-refractivity contribution in [2.24, 2.45) is 11.8 Å². The van der Waals surface area contributed by atoms with E-state index in [2.05, 4.69) is 0 Å². The predicted octanol–water partition coefficient (Wildman–Crippen LogP) is 3.40. The van der Waals surface area contributed by atoms with Gasteiger partial charge in [0.25, 0.3) is 0 Å². The molecule has 0 unspecified atom stereocenters. The van der Waals surface area contributed by atoms with Gasteiger partial charge in [0.05, 0.1) is 46.4 Å². The van der Waals surface area contributed by atoms with E-state index in [4.69, 9.17) is 23.7 Å². The molecule has 10 nitrogen and oxygen atoms in total. The van der Waals surface area contributed by atoms with Crippen molar-refractivity contribution in [2.45, 2.75) is 24.5 Å². The second-order valence-electron chi connectivity index (χ2n) is 9.92. The van der Waals surface area contributed by atoms with Crippen molar-refractivity contribution in [1.29, 1.82) is 0 Å². The Balaban J connectivity index is 1.47. The molecule has 0 aromatic heterocycles. The van der Waals surface area contributed by atoms with E-state index in [1.807, 2.05) is 6.07 Å². The maximum atomic E-state index is 13.0. The number of aliphatic hydroxyl groups excluding tert-OH is 2. The number of methoxy groups -OCH3 is 3. The smallest absolute Gasteiger partial charge is 0.310 e. The fourth-order valence-electron chi connectivity index (χ4n) is 5.66. The van der Waals surface area contributed by atoms with Crippen molar-refractivity contribution in [1.82, 2.24) is 0 Å². The van der Waals surface area contributed by atoms with E-state index in [1.54, 1.807) is 30.3 Å². The molecule has 1 saturated heterocycles. The normalized spacial score (nSPS) is 23.3. The summed E-state index contributed by atoms with van der Waals surface area (Å²) < 4.78 is 28.2. The van der Waals surface area contributed by atoms with Crippen LogP contribution in [0.3, 0.4) is 0 Å². The molecule has 5 atom stereocenters. The van der Waals surface area contributed by atoms with Crippen molar-refractivity contribution < 1.29 is 48.9 Å². The van der Waals surface area contributed by atoms with Crippen LogP contribution >= 0.6 is 0 Å². The van der Waals surface area contributed by atoms with Gasteiger partial charge in [-0.05, 0) is 59.5 Å². The molecule has 0 amide bonds. The molecule has 0 aliphatic carbocycles. The lowest BCUT2D eigenvalue weighted by Crippen LogP contribution is -2.23. The first-order valence-electron chi connectivity index (χ1n) is 12.9. The molecule has 2 aliphatic rings. The summed E-state index contributed by atoms with van der Waals surface area (Å²) in [5, 5.41) is 40.7. The van der Waals surface area contributed by atoms with E-state index in [1.165, 1.54) is 33.5 Å². The first kappa shape index (κ1) is 27.4. The van der Waals surface area contributed by atoms with Crippen LogP contribution in [0.15, 0.2) is 48.5 Å². The Labute approximate surface area is 231 Å². The molecule has 4 N–H and O–H groups in total. The number of phenolic OH excluding ortho intramolecular Hbond substituents is 2. The molecule has 3 aromatic rings. The molecule has 40 heavy (non-hydrogen) atoms. The van der Waals surface area contributed by atoms with Gasteiger partial charge in [-0.3, -0.25) is 4.79 Å². The van der Waals surface area contributed by atoms with Gasteiger partial charge < -0.3 is 44.1 Å². The quantitative estimate of drug-likeness (QED) is 0.292. The van der Waals surface area contributed by atoms with Gasteiger partial charge in [-0.25, -0.2) is 0 Å². The van der Waals surface area contributed by atoms with E-state index in [0.717, 1.165) is 5.56 Å². The first-order valence-corrected chi connectivity index (χ1v) is 12.9. The number of carbonyl (C=O) groups excluding carboxylic acids is 1. The van der Waals surface area contributed by atoms with Crippen LogP contribution in [0.4, 0.5) is 0 Å². The molecule has 3 aromatic carbocycles. The van der Waals surface area contributed by atoms with E-state index in [0.29, 0.717) is 33.9 Å². The maximum Gasteiger partial charge on any atom is 0.310 e. The maximum absolute atomic E-state index is 13.0. The highest BCUT2D eigenvalue weighted by Gasteiger charge is 2.46. The molecule has 10 heteroatoms. The van der Waals surface area contributed by atoms with E-state index >= 15 is 0 Å². The molecule has 1 fully saturated rings. The summed E-state index contributed by atoms with van der Waals surface area (Å²) in [6.45, 7) is -0.543. The van der Waals surface area contributed by atoms with Gasteiger partial charge in [-0.1, -0.05) is 12.1 Å². The van der Waals surface area contributed by atoms with Crippen LogP contribution in [0.5, 0.6) is 34.5 Å². The molecule has 5 rings (SSSR count). The second-order valence-corrected chi connectivity index (χ2v) is 9.92.